The molecule has 1 saturated heterocycles. The molecule has 14 heavy (non-hydrogen) atoms. The number of nitrogens with one attached hydrogen (secondary N) is 1. The number of hydrogen-bond acceptors (Lipinski definition) is 2. The number of rotatable bonds is 2. The van der Waals surface area contributed by atoms with E-state index in [1.54, 1.807) is 0 Å². The van der Waals surface area contributed by atoms with Gasteiger partial charge in [0.05, 0.1) is 6.10 Å². The van der Waals surface area contributed by atoms with E-state index in [-0.39, 0.29) is 0 Å². The van der Waals surface area contributed by atoms with Gasteiger partial charge in [-0.05, 0) is 37.5 Å². The van der Waals surface area contributed by atoms with Gasteiger partial charge in [0.25, 0.3) is 0 Å². The van der Waals surface area contributed by atoms with Gasteiger partial charge in [-0.3, -0.25) is 0 Å². The lowest BCUT2D eigenvalue weighted by molar-refractivity contribution is 0.149. The summed E-state index contributed by atoms with van der Waals surface area (Å²) in [6.45, 7) is 13.8. The number of hydrogen-bond donors (Lipinski definition) is 1. The fourth-order valence-corrected chi connectivity index (χ4v) is 2.90. The molecule has 2 nitrogen and oxygen atoms in total. The zero-order valence-corrected chi connectivity index (χ0v) is 11.3. The zero-order chi connectivity index (χ0) is 10.8. The molecule has 0 radical (unpaired) electrons. The topological polar surface area (TPSA) is 21.3 Å². The van der Waals surface area contributed by atoms with E-state index in [4.69, 9.17) is 4.43 Å². The lowest BCUT2D eigenvalue weighted by atomic mass is 10.1. The molecule has 1 atom stereocenters. The molecule has 1 rings (SSSR count). The Balaban J connectivity index is 2.49. The van der Waals surface area contributed by atoms with Crippen molar-refractivity contribution in [1.82, 2.24) is 5.32 Å². The van der Waals surface area contributed by atoms with Gasteiger partial charge in [-0.1, -0.05) is 20.8 Å². The van der Waals surface area contributed by atoms with Crippen LogP contribution in [-0.4, -0.2) is 27.5 Å². The first-order valence-corrected chi connectivity index (χ1v) is 8.62. The quantitative estimate of drug-likeness (QED) is 0.715. The van der Waals surface area contributed by atoms with Crippen molar-refractivity contribution in [2.75, 3.05) is 13.1 Å². The van der Waals surface area contributed by atoms with Gasteiger partial charge in [0.1, 0.15) is 0 Å². The third kappa shape index (κ3) is 3.07. The molecule has 1 aliphatic rings. The van der Waals surface area contributed by atoms with Crippen molar-refractivity contribution in [3.05, 3.63) is 0 Å². The van der Waals surface area contributed by atoms with Crippen molar-refractivity contribution in [1.29, 1.82) is 0 Å². The Morgan fingerprint density at radius 1 is 1.29 bits per heavy atom. The molecule has 1 heterocycles. The molecule has 0 spiro atoms. The van der Waals surface area contributed by atoms with Crippen LogP contribution in [0.4, 0.5) is 0 Å². The molecule has 84 valence electrons. The Morgan fingerprint density at radius 2 is 1.93 bits per heavy atom. The lowest BCUT2D eigenvalue weighted by Gasteiger charge is -2.40. The van der Waals surface area contributed by atoms with Gasteiger partial charge in [-0.25, -0.2) is 0 Å². The van der Waals surface area contributed by atoms with Crippen LogP contribution in [0.25, 0.3) is 0 Å². The van der Waals surface area contributed by atoms with Crippen LogP contribution in [0.5, 0.6) is 0 Å². The summed E-state index contributed by atoms with van der Waals surface area (Å²) in [5.74, 6) is 0. The monoisotopic (exact) mass is 215 g/mol. The van der Waals surface area contributed by atoms with Crippen molar-refractivity contribution in [2.24, 2.45) is 0 Å². The molecule has 0 bridgehead atoms. The highest BCUT2D eigenvalue weighted by atomic mass is 28.4. The van der Waals surface area contributed by atoms with Crippen molar-refractivity contribution in [3.8, 4) is 0 Å². The predicted octanol–water partition coefficient (Wildman–Crippen LogP) is 2.76. The summed E-state index contributed by atoms with van der Waals surface area (Å²) in [4.78, 5) is 0. The maximum atomic E-state index is 6.32. The Labute approximate surface area is 89.6 Å². The predicted molar refractivity (Wildman–Crippen MR) is 64.2 cm³/mol. The summed E-state index contributed by atoms with van der Waals surface area (Å²) in [5, 5.41) is 3.74. The maximum absolute atomic E-state index is 6.32. The first-order valence-electron chi connectivity index (χ1n) is 5.71. The van der Waals surface area contributed by atoms with E-state index in [1.807, 2.05) is 0 Å². The van der Waals surface area contributed by atoms with Gasteiger partial charge in [0.15, 0.2) is 8.32 Å². The average molecular weight is 215 g/mol. The molecule has 1 fully saturated rings. The molecule has 0 aromatic rings. The van der Waals surface area contributed by atoms with E-state index < -0.39 is 8.32 Å². The minimum atomic E-state index is -1.53. The molecule has 1 unspecified atom stereocenters. The van der Waals surface area contributed by atoms with E-state index in [0.717, 1.165) is 13.1 Å². The minimum absolute atomic E-state index is 0.338. The van der Waals surface area contributed by atoms with Crippen LogP contribution in [0.3, 0.4) is 0 Å². The van der Waals surface area contributed by atoms with Gasteiger partial charge in [-0.15, -0.1) is 0 Å². The molecule has 3 heteroatoms. The van der Waals surface area contributed by atoms with Gasteiger partial charge < -0.3 is 9.74 Å². The highest BCUT2D eigenvalue weighted by Crippen LogP contribution is 2.37. The van der Waals surface area contributed by atoms with E-state index in [1.165, 1.54) is 12.8 Å². The van der Waals surface area contributed by atoms with E-state index in [2.05, 4.69) is 39.2 Å². The second-order valence-electron chi connectivity index (χ2n) is 5.85. The normalized spacial score (nSPS) is 25.1. The van der Waals surface area contributed by atoms with Crippen LogP contribution in [0, 0.1) is 0 Å². The van der Waals surface area contributed by atoms with Crippen molar-refractivity contribution in [2.45, 2.75) is 57.8 Å². The minimum Gasteiger partial charge on any atom is -0.413 e. The second kappa shape index (κ2) is 4.33. The zero-order valence-electron chi connectivity index (χ0n) is 10.3. The molecule has 1 N–H and O–H groups in total. The molecule has 1 aliphatic heterocycles. The lowest BCUT2D eigenvalue weighted by Crippen LogP contribution is -2.48. The third-order valence-corrected chi connectivity index (χ3v) is 8.05. The number of piperidine rings is 1. The molecular weight excluding hydrogens is 190 g/mol. The summed E-state index contributed by atoms with van der Waals surface area (Å²) >= 11 is 0. The maximum Gasteiger partial charge on any atom is 0.192 e. The smallest absolute Gasteiger partial charge is 0.192 e. The Hall–Kier alpha value is 0.137. The summed E-state index contributed by atoms with van der Waals surface area (Å²) in [6, 6.07) is 0. The molecule has 0 aliphatic carbocycles. The standard InChI is InChI=1S/C11H25NOSi/c1-11(2,3)14(4,5)13-10-7-6-8-12-9-10/h10,12H,6-9H2,1-5H3. The van der Waals surface area contributed by atoms with Crippen LogP contribution in [0.2, 0.25) is 18.1 Å². The fourth-order valence-electron chi connectivity index (χ4n) is 1.51. The van der Waals surface area contributed by atoms with Gasteiger partial charge in [0, 0.05) is 6.54 Å². The van der Waals surface area contributed by atoms with E-state index in [9.17, 15) is 0 Å². The summed E-state index contributed by atoms with van der Waals surface area (Å²) < 4.78 is 6.32. The molecule has 0 saturated carbocycles. The highest BCUT2D eigenvalue weighted by molar-refractivity contribution is 6.74. The van der Waals surface area contributed by atoms with Crippen LogP contribution in [0.15, 0.2) is 0 Å². The average Bonchev–Trinajstić information content (AvgIpc) is 2.03. The Bertz CT molecular complexity index is 180. The van der Waals surface area contributed by atoms with Gasteiger partial charge in [-0.2, -0.15) is 0 Å². The van der Waals surface area contributed by atoms with Crippen LogP contribution in [-0.2, 0) is 4.43 Å². The first-order chi connectivity index (χ1) is 6.33. The third-order valence-electron chi connectivity index (χ3n) is 3.52. The fraction of sp³-hybridized carbons (Fsp3) is 1.00. The van der Waals surface area contributed by atoms with Crippen molar-refractivity contribution in [3.63, 3.8) is 0 Å². The highest BCUT2D eigenvalue weighted by Gasteiger charge is 2.39. The summed E-state index contributed by atoms with van der Waals surface area (Å²) in [6.07, 6.45) is 2.96. The first kappa shape index (κ1) is 12.2. The van der Waals surface area contributed by atoms with Gasteiger partial charge in [0.2, 0.25) is 0 Å². The SMILES string of the molecule is CC(C)(C)[Si](C)(C)OC1CCCNC1. The van der Waals surface area contributed by atoms with Crippen LogP contribution < -0.4 is 5.32 Å². The van der Waals surface area contributed by atoms with Crippen LogP contribution in [0.1, 0.15) is 33.6 Å². The second-order valence-corrected chi connectivity index (χ2v) is 10.6. The molecule has 0 aromatic carbocycles. The molecular formula is C11H25NOSi. The van der Waals surface area contributed by atoms with E-state index in [0.29, 0.717) is 11.1 Å². The van der Waals surface area contributed by atoms with Crippen molar-refractivity contribution >= 4 is 8.32 Å². The van der Waals surface area contributed by atoms with Crippen molar-refractivity contribution < 1.29 is 4.43 Å². The van der Waals surface area contributed by atoms with E-state index >= 15 is 0 Å². The summed E-state index contributed by atoms with van der Waals surface area (Å²) in [5.41, 5.74) is 0. The molecule has 0 amide bonds. The Kier molecular flexibility index (Phi) is 3.78. The molecule has 0 aromatic heterocycles. The largest absolute Gasteiger partial charge is 0.413 e. The summed E-state index contributed by atoms with van der Waals surface area (Å²) in [7, 11) is -1.53. The van der Waals surface area contributed by atoms with Crippen LogP contribution >= 0.6 is 0 Å². The van der Waals surface area contributed by atoms with Gasteiger partial charge >= 0.3 is 0 Å². The Morgan fingerprint density at radius 3 is 2.36 bits per heavy atom.